The quantitative estimate of drug-likeness (QED) is 0.621. The Balaban J connectivity index is 3.43. The van der Waals surface area contributed by atoms with Crippen molar-refractivity contribution in [3.63, 3.8) is 0 Å². The Morgan fingerprint density at radius 1 is 0.818 bits per heavy atom. The van der Waals surface area contributed by atoms with Gasteiger partial charge in [0.1, 0.15) is 0 Å². The van der Waals surface area contributed by atoms with Crippen molar-refractivity contribution >= 4 is 53.0 Å². The fraction of sp³-hybridized carbons (Fsp3) is 1.00. The predicted molar refractivity (Wildman–Crippen MR) is 59.7 cm³/mol. The Morgan fingerprint density at radius 2 is 1.18 bits per heavy atom. The van der Waals surface area contributed by atoms with Crippen LogP contribution in [-0.4, -0.2) is 23.3 Å². The molecular weight excluding hydrogens is 246 g/mol. The molecule has 0 saturated heterocycles. The molecule has 11 heavy (non-hydrogen) atoms. The van der Waals surface area contributed by atoms with Crippen molar-refractivity contribution in [1.82, 2.24) is 0 Å². The fourth-order valence-electron chi connectivity index (χ4n) is 0.634. The van der Waals surface area contributed by atoms with Crippen LogP contribution in [0.3, 0.4) is 0 Å². The van der Waals surface area contributed by atoms with Crippen LogP contribution >= 0.6 is 53.0 Å². The summed E-state index contributed by atoms with van der Waals surface area (Å²) >= 11 is 11.0. The minimum atomic E-state index is -1.43. The van der Waals surface area contributed by atoms with Crippen LogP contribution in [0.25, 0.3) is 0 Å². The summed E-state index contributed by atoms with van der Waals surface area (Å²) in [7, 11) is 10.6. The Hall–Kier alpha value is 1.51. The maximum Gasteiger partial charge on any atom is 0.0231 e. The van der Waals surface area contributed by atoms with E-state index >= 15 is 0 Å². The zero-order chi connectivity index (χ0) is 8.74. The normalized spacial score (nSPS) is 13.5. The van der Waals surface area contributed by atoms with Gasteiger partial charge in [0.2, 0.25) is 0 Å². The summed E-state index contributed by atoms with van der Waals surface area (Å²) in [6.45, 7) is 0. The summed E-state index contributed by atoms with van der Waals surface area (Å²) in [5.41, 5.74) is 0. The molecule has 5 heteroatoms. The molecule has 0 aliphatic rings. The second kappa shape index (κ2) is 6.97. The van der Waals surface area contributed by atoms with Crippen molar-refractivity contribution in [3.8, 4) is 0 Å². The van der Waals surface area contributed by atoms with Gasteiger partial charge in [-0.3, -0.25) is 0 Å². The lowest BCUT2D eigenvalue weighted by Gasteiger charge is -2.23. The average molecular weight is 258 g/mol. The highest BCUT2D eigenvalue weighted by atomic mass is 36.0. The molecular formula is C6H12Cl4S. The Labute approximate surface area is 88.8 Å². The first-order valence-corrected chi connectivity index (χ1v) is 8.11. The van der Waals surface area contributed by atoms with Crippen molar-refractivity contribution < 1.29 is 0 Å². The number of alkyl halides is 2. The Bertz CT molecular complexity index is 86.6. The highest BCUT2D eigenvalue weighted by Gasteiger charge is 2.15. The van der Waals surface area contributed by atoms with Crippen LogP contribution in [0, 0.1) is 0 Å². The number of hydrogen-bond acceptors (Lipinski definition) is 0. The van der Waals surface area contributed by atoms with Crippen LogP contribution in [0.4, 0.5) is 0 Å². The predicted octanol–water partition coefficient (Wildman–Crippen LogP) is 4.36. The van der Waals surface area contributed by atoms with Gasteiger partial charge < -0.3 is 0 Å². The summed E-state index contributed by atoms with van der Waals surface area (Å²) in [5, 5.41) is 0. The van der Waals surface area contributed by atoms with Crippen molar-refractivity contribution in [3.05, 3.63) is 0 Å². The first-order valence-electron chi connectivity index (χ1n) is 3.42. The molecule has 0 aliphatic heterocycles. The summed E-state index contributed by atoms with van der Waals surface area (Å²) in [6.07, 6.45) is 1.79. The average Bonchev–Trinajstić information content (AvgIpc) is 1.97. The van der Waals surface area contributed by atoms with Crippen LogP contribution in [0.2, 0.25) is 0 Å². The number of halogens is 4. The van der Waals surface area contributed by atoms with Crippen molar-refractivity contribution in [2.45, 2.75) is 12.8 Å². The van der Waals surface area contributed by atoms with Gasteiger partial charge in [-0.1, -0.05) is 29.8 Å². The minimum Gasteiger partial charge on any atom is -0.127 e. The first kappa shape index (κ1) is 12.5. The third kappa shape index (κ3) is 7.86. The summed E-state index contributed by atoms with van der Waals surface area (Å²) < 4.78 is 0. The van der Waals surface area contributed by atoms with E-state index in [0.717, 1.165) is 24.3 Å². The molecule has 0 amide bonds. The van der Waals surface area contributed by atoms with Gasteiger partial charge in [0.05, 0.1) is 0 Å². The van der Waals surface area contributed by atoms with E-state index in [9.17, 15) is 0 Å². The topological polar surface area (TPSA) is 0 Å². The maximum atomic E-state index is 6.03. The van der Waals surface area contributed by atoms with E-state index in [2.05, 4.69) is 0 Å². The smallest absolute Gasteiger partial charge is 0.0231 e. The van der Waals surface area contributed by atoms with Gasteiger partial charge in [-0.05, 0) is 12.8 Å². The lowest BCUT2D eigenvalue weighted by Crippen LogP contribution is -1.98. The molecule has 0 aromatic rings. The summed E-state index contributed by atoms with van der Waals surface area (Å²) in [5.74, 6) is 2.93. The standard InChI is InChI=1S/C6H12Cl4S/c7-3-1-5-11(9,10)6-2-4-8/h1-6H2. The number of rotatable bonds is 6. The SMILES string of the molecule is ClCCCS(Cl)(Cl)CCCCl. The lowest BCUT2D eigenvalue weighted by molar-refractivity contribution is 1.08. The highest BCUT2D eigenvalue weighted by molar-refractivity contribution is 8.65. The highest BCUT2D eigenvalue weighted by Crippen LogP contribution is 2.58. The molecule has 0 unspecified atom stereocenters. The van der Waals surface area contributed by atoms with Crippen LogP contribution < -0.4 is 0 Å². The molecule has 0 nitrogen and oxygen atoms in total. The monoisotopic (exact) mass is 256 g/mol. The Morgan fingerprint density at radius 3 is 1.45 bits per heavy atom. The molecule has 0 radical (unpaired) electrons. The first-order chi connectivity index (χ1) is 5.12. The molecule has 0 fully saturated rings. The molecule has 0 N–H and O–H groups in total. The molecule has 0 spiro atoms. The molecule has 0 rings (SSSR count). The minimum absolute atomic E-state index is 0.634. The van der Waals surface area contributed by atoms with Crippen molar-refractivity contribution in [2.75, 3.05) is 23.3 Å². The molecule has 0 bridgehead atoms. The van der Waals surface area contributed by atoms with E-state index in [0.29, 0.717) is 11.8 Å². The van der Waals surface area contributed by atoms with Gasteiger partial charge in [-0.15, -0.1) is 23.2 Å². The van der Waals surface area contributed by atoms with Gasteiger partial charge in [0, 0.05) is 23.3 Å². The molecule has 0 aromatic carbocycles. The van der Waals surface area contributed by atoms with Gasteiger partial charge >= 0.3 is 0 Å². The maximum absolute atomic E-state index is 6.03. The van der Waals surface area contributed by atoms with Crippen LogP contribution in [0.5, 0.6) is 0 Å². The zero-order valence-electron chi connectivity index (χ0n) is 6.16. The molecule has 70 valence electrons. The van der Waals surface area contributed by atoms with Gasteiger partial charge in [0.15, 0.2) is 0 Å². The van der Waals surface area contributed by atoms with E-state index in [1.54, 1.807) is 0 Å². The number of hydrogen-bond donors (Lipinski definition) is 0. The van der Waals surface area contributed by atoms with E-state index in [4.69, 9.17) is 44.6 Å². The van der Waals surface area contributed by atoms with Crippen molar-refractivity contribution in [1.29, 1.82) is 0 Å². The van der Waals surface area contributed by atoms with Crippen LogP contribution in [0.1, 0.15) is 12.8 Å². The second-order valence-electron chi connectivity index (χ2n) is 2.19. The molecule has 0 heterocycles. The third-order valence-corrected chi connectivity index (χ3v) is 5.31. The molecule has 0 aromatic heterocycles. The van der Waals surface area contributed by atoms with E-state index < -0.39 is 8.46 Å². The lowest BCUT2D eigenvalue weighted by atomic mass is 10.6. The third-order valence-electron chi connectivity index (χ3n) is 1.15. The molecule has 0 atom stereocenters. The zero-order valence-corrected chi connectivity index (χ0v) is 10.0. The fourth-order valence-corrected chi connectivity index (χ4v) is 3.86. The molecule has 0 aliphatic carbocycles. The van der Waals surface area contributed by atoms with Gasteiger partial charge in [-0.25, -0.2) is 0 Å². The van der Waals surface area contributed by atoms with Crippen LogP contribution in [0.15, 0.2) is 0 Å². The van der Waals surface area contributed by atoms with Gasteiger partial charge in [0.25, 0.3) is 0 Å². The Kier molecular flexibility index (Phi) is 7.92. The van der Waals surface area contributed by atoms with E-state index in [-0.39, 0.29) is 0 Å². The molecule has 0 saturated carbocycles. The second-order valence-corrected chi connectivity index (χ2v) is 9.18. The van der Waals surface area contributed by atoms with Crippen LogP contribution in [-0.2, 0) is 0 Å². The van der Waals surface area contributed by atoms with Gasteiger partial charge in [-0.2, -0.15) is 0 Å². The largest absolute Gasteiger partial charge is 0.127 e. The summed E-state index contributed by atoms with van der Waals surface area (Å²) in [4.78, 5) is 0. The van der Waals surface area contributed by atoms with E-state index in [1.165, 1.54) is 0 Å². The van der Waals surface area contributed by atoms with E-state index in [1.807, 2.05) is 0 Å². The van der Waals surface area contributed by atoms with Crippen molar-refractivity contribution in [2.24, 2.45) is 0 Å². The summed E-state index contributed by atoms with van der Waals surface area (Å²) in [6, 6.07) is 0.